The molecule has 3 rings (SSSR count). The van der Waals surface area contributed by atoms with Gasteiger partial charge in [-0.15, -0.1) is 0 Å². The number of rotatable bonds is 2. The van der Waals surface area contributed by atoms with Gasteiger partial charge < -0.3 is 14.0 Å². The summed E-state index contributed by atoms with van der Waals surface area (Å²) in [6.45, 7) is 4.00. The first-order chi connectivity index (χ1) is 9.74. The summed E-state index contributed by atoms with van der Waals surface area (Å²) in [7, 11) is 5.43. The maximum Gasteiger partial charge on any atom is 0.120 e. The molecule has 0 amide bonds. The summed E-state index contributed by atoms with van der Waals surface area (Å²) in [5.74, 6) is 1.75. The number of methoxy groups -OCH3 is 2. The predicted octanol–water partition coefficient (Wildman–Crippen LogP) is 4.37. The van der Waals surface area contributed by atoms with Crippen LogP contribution in [0, 0.1) is 0 Å². The first-order valence-corrected chi connectivity index (χ1v) is 6.85. The molecule has 1 aromatic heterocycles. The van der Waals surface area contributed by atoms with E-state index in [0.717, 1.165) is 22.5 Å². The van der Waals surface area contributed by atoms with Crippen LogP contribution in [0.3, 0.4) is 0 Å². The average molecular weight is 271 g/mol. The van der Waals surface area contributed by atoms with E-state index < -0.39 is 0 Å². The Morgan fingerprint density at radius 3 is 1.50 bits per heavy atom. The van der Waals surface area contributed by atoms with Crippen molar-refractivity contribution in [3.63, 3.8) is 0 Å². The lowest BCUT2D eigenvalue weighted by Gasteiger charge is -2.02. The number of nitrogens with zero attached hydrogens (tertiary/aromatic N) is 1. The summed E-state index contributed by atoms with van der Waals surface area (Å²) in [4.78, 5) is 0. The van der Waals surface area contributed by atoms with Crippen LogP contribution in [0.25, 0.3) is 21.8 Å². The molecular weight excluding hydrogens is 250 g/mol. The van der Waals surface area contributed by atoms with Gasteiger partial charge in [-0.25, -0.2) is 0 Å². The van der Waals surface area contributed by atoms with E-state index in [9.17, 15) is 0 Å². The van der Waals surface area contributed by atoms with E-state index in [2.05, 4.69) is 35.9 Å². The van der Waals surface area contributed by atoms with Crippen LogP contribution < -0.4 is 9.47 Å². The largest absolute Gasteiger partial charge is 0.497 e. The van der Waals surface area contributed by atoms with Gasteiger partial charge in [-0.3, -0.25) is 0 Å². The summed E-state index contributed by atoms with van der Waals surface area (Å²) < 4.78 is 12.7. The second-order valence-corrected chi connectivity index (χ2v) is 4.33. The molecule has 0 aliphatic rings. The Morgan fingerprint density at radius 1 is 0.750 bits per heavy atom. The highest BCUT2D eigenvalue weighted by molar-refractivity contribution is 6.08. The fourth-order valence-electron chi connectivity index (χ4n) is 2.42. The predicted molar refractivity (Wildman–Crippen MR) is 84.9 cm³/mol. The summed E-state index contributed by atoms with van der Waals surface area (Å²) in [6.07, 6.45) is 0. The van der Waals surface area contributed by atoms with E-state index in [4.69, 9.17) is 9.47 Å². The molecule has 3 aromatic rings. The van der Waals surface area contributed by atoms with Gasteiger partial charge in [0.05, 0.1) is 25.3 Å². The molecule has 0 atom stereocenters. The molecular formula is C17H21NO2. The van der Waals surface area contributed by atoms with Crippen LogP contribution in [0.5, 0.6) is 11.5 Å². The van der Waals surface area contributed by atoms with E-state index >= 15 is 0 Å². The number of ether oxygens (including phenoxy) is 2. The minimum Gasteiger partial charge on any atom is -0.497 e. The Labute approximate surface area is 119 Å². The Kier molecular flexibility index (Phi) is 4.18. The molecule has 106 valence electrons. The first-order valence-electron chi connectivity index (χ1n) is 6.85. The SMILES string of the molecule is CC.COc1ccc2c3ccc(OC)cc3n(C)c2c1. The number of hydrogen-bond donors (Lipinski definition) is 0. The molecule has 0 fully saturated rings. The molecule has 3 heteroatoms. The minimum atomic E-state index is 0.875. The van der Waals surface area contributed by atoms with Crippen molar-refractivity contribution in [3.8, 4) is 11.5 Å². The van der Waals surface area contributed by atoms with Crippen molar-refractivity contribution < 1.29 is 9.47 Å². The van der Waals surface area contributed by atoms with Gasteiger partial charge in [-0.1, -0.05) is 13.8 Å². The van der Waals surface area contributed by atoms with Crippen LogP contribution >= 0.6 is 0 Å². The zero-order chi connectivity index (χ0) is 14.7. The third-order valence-corrected chi connectivity index (χ3v) is 3.42. The van der Waals surface area contributed by atoms with Crippen molar-refractivity contribution in [1.29, 1.82) is 0 Å². The standard InChI is InChI=1S/C15H15NO2.C2H6/c1-16-14-8-10(17-2)4-6-12(14)13-7-5-11(18-3)9-15(13)16;1-2/h4-9H,1-3H3;1-2H3. The second kappa shape index (κ2) is 5.87. The van der Waals surface area contributed by atoms with Crippen LogP contribution in [0.15, 0.2) is 36.4 Å². The summed E-state index contributed by atoms with van der Waals surface area (Å²) in [6, 6.07) is 12.3. The summed E-state index contributed by atoms with van der Waals surface area (Å²) >= 11 is 0. The monoisotopic (exact) mass is 271 g/mol. The minimum absolute atomic E-state index is 0.875. The Morgan fingerprint density at radius 2 is 1.15 bits per heavy atom. The topological polar surface area (TPSA) is 23.4 Å². The fraction of sp³-hybridized carbons (Fsp3) is 0.294. The van der Waals surface area contributed by atoms with Crippen molar-refractivity contribution >= 4 is 21.8 Å². The zero-order valence-corrected chi connectivity index (χ0v) is 12.7. The molecule has 0 aliphatic carbocycles. The van der Waals surface area contributed by atoms with Gasteiger partial charge >= 0.3 is 0 Å². The third kappa shape index (κ3) is 2.20. The Hall–Kier alpha value is -2.16. The second-order valence-electron chi connectivity index (χ2n) is 4.33. The van der Waals surface area contributed by atoms with Gasteiger partial charge in [0, 0.05) is 30.0 Å². The summed E-state index contributed by atoms with van der Waals surface area (Å²) in [5.41, 5.74) is 2.33. The highest BCUT2D eigenvalue weighted by atomic mass is 16.5. The van der Waals surface area contributed by atoms with Gasteiger partial charge in [-0.2, -0.15) is 0 Å². The molecule has 0 bridgehead atoms. The molecule has 0 saturated carbocycles. The number of aromatic nitrogens is 1. The quantitative estimate of drug-likeness (QED) is 0.690. The van der Waals surface area contributed by atoms with Gasteiger partial charge in [-0.05, 0) is 24.3 Å². The number of fused-ring (bicyclic) bond motifs is 3. The molecule has 0 spiro atoms. The molecule has 1 heterocycles. The highest BCUT2D eigenvalue weighted by Crippen LogP contribution is 2.32. The summed E-state index contributed by atoms with van der Waals surface area (Å²) in [5, 5.41) is 2.46. The van der Waals surface area contributed by atoms with Crippen LogP contribution in [0.2, 0.25) is 0 Å². The molecule has 2 aromatic carbocycles. The van der Waals surface area contributed by atoms with Crippen LogP contribution in [-0.4, -0.2) is 18.8 Å². The third-order valence-electron chi connectivity index (χ3n) is 3.42. The van der Waals surface area contributed by atoms with Crippen LogP contribution in [0.4, 0.5) is 0 Å². The van der Waals surface area contributed by atoms with E-state index in [1.807, 2.05) is 26.0 Å². The fourth-order valence-corrected chi connectivity index (χ4v) is 2.42. The Balaban J connectivity index is 0.000000704. The maximum absolute atomic E-state index is 5.28. The molecule has 3 nitrogen and oxygen atoms in total. The first kappa shape index (κ1) is 14.3. The molecule has 0 N–H and O–H groups in total. The van der Waals surface area contributed by atoms with Crippen molar-refractivity contribution in [2.24, 2.45) is 7.05 Å². The highest BCUT2D eigenvalue weighted by Gasteiger charge is 2.09. The van der Waals surface area contributed by atoms with Crippen molar-refractivity contribution in [2.45, 2.75) is 13.8 Å². The van der Waals surface area contributed by atoms with Gasteiger partial charge in [0.1, 0.15) is 11.5 Å². The molecule has 0 aliphatic heterocycles. The number of hydrogen-bond acceptors (Lipinski definition) is 2. The average Bonchev–Trinajstić information content (AvgIpc) is 2.81. The smallest absolute Gasteiger partial charge is 0.120 e. The maximum atomic E-state index is 5.28. The lowest BCUT2D eigenvalue weighted by molar-refractivity contribution is 0.415. The Bertz CT molecular complexity index is 667. The van der Waals surface area contributed by atoms with Crippen LogP contribution in [0.1, 0.15) is 13.8 Å². The van der Waals surface area contributed by atoms with Crippen molar-refractivity contribution in [2.75, 3.05) is 14.2 Å². The van der Waals surface area contributed by atoms with E-state index in [-0.39, 0.29) is 0 Å². The number of benzene rings is 2. The lowest BCUT2D eigenvalue weighted by atomic mass is 10.1. The molecule has 20 heavy (non-hydrogen) atoms. The van der Waals surface area contributed by atoms with Gasteiger partial charge in [0.2, 0.25) is 0 Å². The zero-order valence-electron chi connectivity index (χ0n) is 12.7. The van der Waals surface area contributed by atoms with Crippen LogP contribution in [-0.2, 0) is 7.05 Å². The van der Waals surface area contributed by atoms with E-state index in [1.165, 1.54) is 10.8 Å². The van der Waals surface area contributed by atoms with E-state index in [0.29, 0.717) is 0 Å². The van der Waals surface area contributed by atoms with E-state index in [1.54, 1.807) is 14.2 Å². The molecule has 0 saturated heterocycles. The van der Waals surface area contributed by atoms with Gasteiger partial charge in [0.15, 0.2) is 0 Å². The molecule has 0 radical (unpaired) electrons. The number of aryl methyl sites for hydroxylation is 1. The van der Waals surface area contributed by atoms with Gasteiger partial charge in [0.25, 0.3) is 0 Å². The van der Waals surface area contributed by atoms with Crippen molar-refractivity contribution in [3.05, 3.63) is 36.4 Å². The van der Waals surface area contributed by atoms with Crippen molar-refractivity contribution in [1.82, 2.24) is 4.57 Å². The lowest BCUT2D eigenvalue weighted by Crippen LogP contribution is -1.88. The molecule has 0 unspecified atom stereocenters. The normalized spacial score (nSPS) is 10.2.